The molecule has 0 aliphatic carbocycles. The van der Waals surface area contributed by atoms with E-state index in [2.05, 4.69) is 129 Å². The molecular weight excluding hydrogens is 1020 g/mol. The SMILES string of the molecule is CC/C=C\C/C=C\C/C=C\C/C=C\C/C=C\C/C=C\C/C=C\CCCCCCCCCCCCCCCC(=O)NC(COP(=O)([O-])OCC[N+](C)(C)C)C(O)/C=C/CC/C=C/CC/C=C/CCCCCCCCCCCCCCCC. The number of phosphoric ester groups is 1. The van der Waals surface area contributed by atoms with Gasteiger partial charge in [0.15, 0.2) is 0 Å². The molecule has 0 rings (SSSR count). The number of carbonyl (C=O) groups is 1. The summed E-state index contributed by atoms with van der Waals surface area (Å²) in [6, 6.07) is -0.919. The molecule has 466 valence electrons. The number of quaternary nitrogens is 1. The first kappa shape index (κ1) is 77.9. The minimum atomic E-state index is -4.62. The van der Waals surface area contributed by atoms with Crippen LogP contribution in [0.1, 0.15) is 277 Å². The molecule has 3 atom stereocenters. The van der Waals surface area contributed by atoms with E-state index in [0.717, 1.165) is 89.9 Å². The summed E-state index contributed by atoms with van der Waals surface area (Å²) in [5.41, 5.74) is 0. The smallest absolute Gasteiger partial charge is 0.268 e. The predicted molar refractivity (Wildman–Crippen MR) is 352 cm³/mol. The van der Waals surface area contributed by atoms with Crippen molar-refractivity contribution < 1.29 is 32.9 Å². The normalized spacial score (nSPS) is 14.5. The average Bonchev–Trinajstić information content (AvgIpc) is 3.43. The second-order valence-electron chi connectivity index (χ2n) is 23.4. The maximum atomic E-state index is 13.0. The van der Waals surface area contributed by atoms with Gasteiger partial charge in [-0.2, -0.15) is 0 Å². The van der Waals surface area contributed by atoms with Crippen molar-refractivity contribution in [2.75, 3.05) is 40.9 Å². The Morgan fingerprint density at radius 3 is 1.15 bits per heavy atom. The van der Waals surface area contributed by atoms with Crippen LogP contribution in [0.15, 0.2) is 122 Å². The van der Waals surface area contributed by atoms with Gasteiger partial charge in [-0.05, 0) is 103 Å². The molecule has 0 fully saturated rings. The second kappa shape index (κ2) is 61.5. The Hall–Kier alpha value is -3.10. The number of aliphatic hydroxyl groups excluding tert-OH is 1. The van der Waals surface area contributed by atoms with E-state index < -0.39 is 26.6 Å². The van der Waals surface area contributed by atoms with Crippen molar-refractivity contribution in [3.63, 3.8) is 0 Å². The summed E-state index contributed by atoms with van der Waals surface area (Å²) in [7, 11) is 1.23. The lowest BCUT2D eigenvalue weighted by Gasteiger charge is -2.29. The highest BCUT2D eigenvalue weighted by Crippen LogP contribution is 2.38. The molecule has 3 unspecified atom stereocenters. The quantitative estimate of drug-likeness (QED) is 0.0272. The van der Waals surface area contributed by atoms with Gasteiger partial charge >= 0.3 is 0 Å². The predicted octanol–water partition coefficient (Wildman–Crippen LogP) is 20.6. The first-order chi connectivity index (χ1) is 39.5. The van der Waals surface area contributed by atoms with Crippen LogP contribution in [0.2, 0.25) is 0 Å². The van der Waals surface area contributed by atoms with Gasteiger partial charge in [0.05, 0.1) is 39.9 Å². The fourth-order valence-corrected chi connectivity index (χ4v) is 9.95. The maximum Gasteiger partial charge on any atom is 0.268 e. The number of aliphatic hydroxyl groups is 1. The van der Waals surface area contributed by atoms with E-state index in [4.69, 9.17) is 9.05 Å². The highest BCUT2D eigenvalue weighted by atomic mass is 31.2. The standard InChI is InChI=1S/C72H127N2O6P/c1-6-8-10-12-14-16-18-20-22-24-26-28-30-32-33-34-35-36-37-38-39-40-41-42-44-46-48-50-52-54-56-58-60-62-64-66-72(76)73-70(69-80-81(77,78)79-68-67-74(3,4)5)71(75)65-63-61-59-57-55-53-51-49-47-45-43-31-29-27-25-23-21-19-17-15-13-11-9-7-2/h8,10,14,16,20,22,26,28,32-33,35-36,38-39,47,49,55,57,63,65,70-71,75H,6-7,9,11-13,15,17-19,21,23-25,27,29-31,34,37,40-46,48,50-54,56,58-62,64,66-69H2,1-5H3,(H-,73,76,77,78)/b10-8-,16-14-,22-20-,28-26-,33-32-,36-35-,39-38-,49-47+,57-55+,65-63+. The molecular formula is C72H127N2O6P. The molecule has 0 saturated heterocycles. The average molecular weight is 1150 g/mol. The van der Waals surface area contributed by atoms with Crippen molar-refractivity contribution in [1.29, 1.82) is 0 Å². The summed E-state index contributed by atoms with van der Waals surface area (Å²) in [6.07, 6.45) is 91.6. The van der Waals surface area contributed by atoms with E-state index in [9.17, 15) is 19.4 Å². The van der Waals surface area contributed by atoms with E-state index >= 15 is 0 Å². The van der Waals surface area contributed by atoms with Crippen molar-refractivity contribution in [2.24, 2.45) is 0 Å². The van der Waals surface area contributed by atoms with Crippen molar-refractivity contribution in [1.82, 2.24) is 5.32 Å². The number of rotatable bonds is 60. The number of phosphoric acid groups is 1. The third-order valence-corrected chi connectivity index (χ3v) is 15.3. The molecule has 0 aromatic carbocycles. The molecule has 0 radical (unpaired) electrons. The lowest BCUT2D eigenvalue weighted by molar-refractivity contribution is -0.870. The van der Waals surface area contributed by atoms with Crippen LogP contribution in [0.3, 0.4) is 0 Å². The Morgan fingerprint density at radius 1 is 0.444 bits per heavy atom. The lowest BCUT2D eigenvalue weighted by atomic mass is 10.0. The molecule has 1 amide bonds. The van der Waals surface area contributed by atoms with Gasteiger partial charge in [-0.1, -0.05) is 289 Å². The van der Waals surface area contributed by atoms with Gasteiger partial charge in [0.25, 0.3) is 7.82 Å². The molecule has 0 spiro atoms. The molecule has 81 heavy (non-hydrogen) atoms. The summed E-state index contributed by atoms with van der Waals surface area (Å²) in [5.74, 6) is -0.215. The fraction of sp³-hybridized carbons (Fsp3) is 0.708. The number of carbonyl (C=O) groups excluding carboxylic acids is 1. The highest BCUT2D eigenvalue weighted by molar-refractivity contribution is 7.45. The van der Waals surface area contributed by atoms with E-state index in [0.29, 0.717) is 17.4 Å². The van der Waals surface area contributed by atoms with Crippen LogP contribution in [-0.4, -0.2) is 68.5 Å². The number of nitrogens with zero attached hydrogens (tertiary/aromatic N) is 1. The first-order valence-electron chi connectivity index (χ1n) is 33.4. The molecule has 0 heterocycles. The zero-order valence-electron chi connectivity index (χ0n) is 53.2. The van der Waals surface area contributed by atoms with Crippen LogP contribution < -0.4 is 10.2 Å². The topological polar surface area (TPSA) is 108 Å². The van der Waals surface area contributed by atoms with Crippen molar-refractivity contribution in [3.8, 4) is 0 Å². The van der Waals surface area contributed by atoms with Crippen LogP contribution in [0.4, 0.5) is 0 Å². The summed E-state index contributed by atoms with van der Waals surface area (Å²) in [6.45, 7) is 4.52. The van der Waals surface area contributed by atoms with E-state index in [1.54, 1.807) is 6.08 Å². The number of allylic oxidation sites excluding steroid dienone is 19. The van der Waals surface area contributed by atoms with Crippen molar-refractivity contribution in [2.45, 2.75) is 289 Å². The zero-order chi connectivity index (χ0) is 59.1. The van der Waals surface area contributed by atoms with E-state index in [-0.39, 0.29) is 12.5 Å². The molecule has 0 aromatic heterocycles. The summed E-state index contributed by atoms with van der Waals surface area (Å²) >= 11 is 0. The Morgan fingerprint density at radius 2 is 0.765 bits per heavy atom. The molecule has 0 aromatic rings. The van der Waals surface area contributed by atoms with Crippen LogP contribution >= 0.6 is 7.82 Å². The number of unbranched alkanes of at least 4 members (excludes halogenated alkanes) is 29. The second-order valence-corrected chi connectivity index (χ2v) is 24.8. The Balaban J connectivity index is 4.18. The number of likely N-dealkylation sites (N-methyl/N-ethyl adjacent to an activating group) is 1. The van der Waals surface area contributed by atoms with E-state index in [1.807, 2.05) is 27.2 Å². The van der Waals surface area contributed by atoms with Crippen LogP contribution in [0, 0.1) is 0 Å². The van der Waals surface area contributed by atoms with Crippen LogP contribution in [0.25, 0.3) is 0 Å². The monoisotopic (exact) mass is 1150 g/mol. The number of hydrogen-bond acceptors (Lipinski definition) is 6. The molecule has 0 aliphatic rings. The third-order valence-electron chi connectivity index (χ3n) is 14.4. The van der Waals surface area contributed by atoms with Gasteiger partial charge in [0, 0.05) is 6.42 Å². The Kier molecular flexibility index (Phi) is 59.1. The number of amides is 1. The largest absolute Gasteiger partial charge is 0.756 e. The molecule has 2 N–H and O–H groups in total. The first-order valence-corrected chi connectivity index (χ1v) is 34.9. The van der Waals surface area contributed by atoms with Gasteiger partial charge < -0.3 is 28.8 Å². The van der Waals surface area contributed by atoms with Crippen LogP contribution in [0.5, 0.6) is 0 Å². The molecule has 9 heteroatoms. The maximum absolute atomic E-state index is 13.0. The lowest BCUT2D eigenvalue weighted by Crippen LogP contribution is -2.45. The molecule has 8 nitrogen and oxygen atoms in total. The number of nitrogens with one attached hydrogen (secondary N) is 1. The minimum Gasteiger partial charge on any atom is -0.756 e. The molecule has 0 aliphatic heterocycles. The zero-order valence-corrected chi connectivity index (χ0v) is 54.1. The van der Waals surface area contributed by atoms with Crippen molar-refractivity contribution in [3.05, 3.63) is 122 Å². The highest BCUT2D eigenvalue weighted by Gasteiger charge is 2.23. The van der Waals surface area contributed by atoms with Gasteiger partial charge in [0.1, 0.15) is 13.2 Å². The minimum absolute atomic E-state index is 0.0140. The van der Waals surface area contributed by atoms with Gasteiger partial charge in [-0.15, -0.1) is 0 Å². The molecule has 0 saturated carbocycles. The van der Waals surface area contributed by atoms with Crippen molar-refractivity contribution >= 4 is 13.7 Å². The van der Waals surface area contributed by atoms with Gasteiger partial charge in [0.2, 0.25) is 5.91 Å². The Bertz CT molecular complexity index is 1730. The van der Waals surface area contributed by atoms with E-state index in [1.165, 1.54) is 167 Å². The summed E-state index contributed by atoms with van der Waals surface area (Å²) in [5, 5.41) is 13.9. The summed E-state index contributed by atoms with van der Waals surface area (Å²) < 4.78 is 23.4. The van der Waals surface area contributed by atoms with Gasteiger partial charge in [-0.25, -0.2) is 0 Å². The van der Waals surface area contributed by atoms with Crippen LogP contribution in [-0.2, 0) is 18.4 Å². The fourth-order valence-electron chi connectivity index (χ4n) is 9.23. The number of hydrogen-bond donors (Lipinski definition) is 2. The third kappa shape index (κ3) is 64.3. The summed E-state index contributed by atoms with van der Waals surface area (Å²) in [4.78, 5) is 25.6. The van der Waals surface area contributed by atoms with Gasteiger partial charge in [-0.3, -0.25) is 9.36 Å². The molecule has 0 bridgehead atoms. The Labute approximate surface area is 501 Å².